The molecule has 0 radical (unpaired) electrons. The van der Waals surface area contributed by atoms with E-state index >= 15 is 0 Å². The monoisotopic (exact) mass is 240 g/mol. The lowest BCUT2D eigenvalue weighted by Crippen LogP contribution is -2.64. The molecule has 0 bridgehead atoms. The largest absolute Gasteiger partial charge is 0.480 e. The third kappa shape index (κ3) is 2.64. The van der Waals surface area contributed by atoms with E-state index in [1.54, 1.807) is 13.8 Å². The lowest BCUT2D eigenvalue weighted by Gasteiger charge is -2.41. The minimum absolute atomic E-state index is 0.0787. The molecule has 0 unspecified atom stereocenters. The molecule has 0 aliphatic carbocycles. The molecule has 0 aromatic heterocycles. The van der Waals surface area contributed by atoms with Crippen LogP contribution in [0.5, 0.6) is 0 Å². The Morgan fingerprint density at radius 2 is 2.18 bits per heavy atom. The van der Waals surface area contributed by atoms with E-state index in [0.717, 1.165) is 6.08 Å². The average molecular weight is 240 g/mol. The molecule has 2 N–H and O–H groups in total. The molecule has 0 aromatic rings. The molecule has 2 atom stereocenters. The Hall–Kier alpha value is -1.85. The molecule has 0 aromatic carbocycles. The van der Waals surface area contributed by atoms with Gasteiger partial charge in [-0.15, -0.1) is 0 Å². The number of carbonyl (C=O) groups is 3. The van der Waals surface area contributed by atoms with Crippen LogP contribution in [0.1, 0.15) is 20.3 Å². The number of nitrogens with zero attached hydrogens (tertiary/aromatic N) is 1. The fourth-order valence-electron chi connectivity index (χ4n) is 1.85. The standard InChI is InChI=1S/C11H16N2O4/c1-4-9(15)13-7(11(16)17)5-8(14)12-10(13)6(2)3/h4,6-7,10H,1,5H2,2-3H3,(H,12,14)(H,16,17)/t7-,10-/m0/s1. The van der Waals surface area contributed by atoms with Crippen LogP contribution >= 0.6 is 0 Å². The number of aliphatic carboxylic acids is 1. The van der Waals surface area contributed by atoms with Crippen molar-refractivity contribution in [2.75, 3.05) is 0 Å². The molecule has 1 aliphatic heterocycles. The van der Waals surface area contributed by atoms with Crippen molar-refractivity contribution in [1.29, 1.82) is 0 Å². The van der Waals surface area contributed by atoms with Gasteiger partial charge in [-0.1, -0.05) is 20.4 Å². The second-order valence-electron chi connectivity index (χ2n) is 4.26. The van der Waals surface area contributed by atoms with Crippen LogP contribution < -0.4 is 5.32 Å². The smallest absolute Gasteiger partial charge is 0.327 e. The van der Waals surface area contributed by atoms with Gasteiger partial charge in [-0.05, 0) is 12.0 Å². The van der Waals surface area contributed by atoms with Crippen molar-refractivity contribution in [2.45, 2.75) is 32.5 Å². The third-order valence-electron chi connectivity index (χ3n) is 2.67. The minimum Gasteiger partial charge on any atom is -0.480 e. The Morgan fingerprint density at radius 3 is 2.59 bits per heavy atom. The summed E-state index contributed by atoms with van der Waals surface area (Å²) in [6.45, 7) is 6.95. The van der Waals surface area contributed by atoms with E-state index < -0.39 is 24.1 Å². The summed E-state index contributed by atoms with van der Waals surface area (Å²) >= 11 is 0. The SMILES string of the molecule is C=CC(=O)N1[C@@H](C(C)C)NC(=O)C[C@H]1C(=O)O. The third-order valence-corrected chi connectivity index (χ3v) is 2.67. The summed E-state index contributed by atoms with van der Waals surface area (Å²) in [5.41, 5.74) is 0. The second kappa shape index (κ2) is 4.99. The number of hydrogen-bond donors (Lipinski definition) is 2. The first kappa shape index (κ1) is 13.2. The van der Waals surface area contributed by atoms with Crippen molar-refractivity contribution >= 4 is 17.8 Å². The highest BCUT2D eigenvalue weighted by Crippen LogP contribution is 2.20. The molecule has 1 heterocycles. The van der Waals surface area contributed by atoms with Gasteiger partial charge in [-0.2, -0.15) is 0 Å². The van der Waals surface area contributed by atoms with Gasteiger partial charge in [0.2, 0.25) is 11.8 Å². The van der Waals surface area contributed by atoms with Gasteiger partial charge < -0.3 is 15.3 Å². The van der Waals surface area contributed by atoms with Gasteiger partial charge in [0.25, 0.3) is 0 Å². The Morgan fingerprint density at radius 1 is 1.59 bits per heavy atom. The summed E-state index contributed by atoms with van der Waals surface area (Å²) in [4.78, 5) is 35.4. The van der Waals surface area contributed by atoms with Crippen LogP contribution in [0.4, 0.5) is 0 Å². The molecule has 6 heteroatoms. The van der Waals surface area contributed by atoms with Gasteiger partial charge in [-0.25, -0.2) is 4.79 Å². The number of hydrogen-bond acceptors (Lipinski definition) is 3. The van der Waals surface area contributed by atoms with Gasteiger partial charge >= 0.3 is 5.97 Å². The van der Waals surface area contributed by atoms with Crippen LogP contribution in [0, 0.1) is 5.92 Å². The van der Waals surface area contributed by atoms with Gasteiger partial charge in [-0.3, -0.25) is 9.59 Å². The van der Waals surface area contributed by atoms with E-state index in [-0.39, 0.29) is 18.2 Å². The summed E-state index contributed by atoms with van der Waals surface area (Å²) in [5.74, 6) is -2.11. The second-order valence-corrected chi connectivity index (χ2v) is 4.26. The van der Waals surface area contributed by atoms with Crippen LogP contribution in [0.15, 0.2) is 12.7 Å². The maximum atomic E-state index is 11.7. The van der Waals surface area contributed by atoms with E-state index in [1.807, 2.05) is 0 Å². The molecule has 0 saturated carbocycles. The maximum Gasteiger partial charge on any atom is 0.327 e. The average Bonchev–Trinajstić information content (AvgIpc) is 2.26. The van der Waals surface area contributed by atoms with E-state index in [4.69, 9.17) is 5.11 Å². The topological polar surface area (TPSA) is 86.7 Å². The Kier molecular flexibility index (Phi) is 3.88. The number of carboxylic acids is 1. The zero-order valence-electron chi connectivity index (χ0n) is 9.84. The van der Waals surface area contributed by atoms with E-state index in [2.05, 4.69) is 11.9 Å². The highest BCUT2D eigenvalue weighted by atomic mass is 16.4. The van der Waals surface area contributed by atoms with Crippen molar-refractivity contribution in [3.8, 4) is 0 Å². The van der Waals surface area contributed by atoms with Crippen molar-refractivity contribution < 1.29 is 19.5 Å². The molecule has 0 spiro atoms. The fourth-order valence-corrected chi connectivity index (χ4v) is 1.85. The fraction of sp³-hybridized carbons (Fsp3) is 0.545. The van der Waals surface area contributed by atoms with Gasteiger partial charge in [0.05, 0.1) is 6.42 Å². The van der Waals surface area contributed by atoms with Crippen LogP contribution in [0.3, 0.4) is 0 Å². The molecule has 1 rings (SSSR count). The molecule has 17 heavy (non-hydrogen) atoms. The Bertz CT molecular complexity index is 364. The Labute approximate surface area is 99.3 Å². The van der Waals surface area contributed by atoms with E-state index in [1.165, 1.54) is 4.90 Å². The highest BCUT2D eigenvalue weighted by Gasteiger charge is 2.41. The molecule has 6 nitrogen and oxygen atoms in total. The van der Waals surface area contributed by atoms with Crippen LogP contribution in [-0.2, 0) is 14.4 Å². The predicted octanol–water partition coefficient (Wildman–Crippen LogP) is -0.0438. The van der Waals surface area contributed by atoms with Crippen LogP contribution in [0.2, 0.25) is 0 Å². The van der Waals surface area contributed by atoms with Crippen LogP contribution in [-0.4, -0.2) is 40.0 Å². The number of carbonyl (C=O) groups excluding carboxylic acids is 2. The Balaban J connectivity index is 3.09. The lowest BCUT2D eigenvalue weighted by molar-refractivity contribution is -0.158. The van der Waals surface area contributed by atoms with Crippen LogP contribution in [0.25, 0.3) is 0 Å². The van der Waals surface area contributed by atoms with E-state index in [9.17, 15) is 14.4 Å². The summed E-state index contributed by atoms with van der Waals surface area (Å²) in [5, 5.41) is 11.7. The lowest BCUT2D eigenvalue weighted by atomic mass is 10.0. The van der Waals surface area contributed by atoms with Gasteiger partial charge in [0.1, 0.15) is 12.2 Å². The highest BCUT2D eigenvalue weighted by molar-refractivity contribution is 5.95. The first-order valence-corrected chi connectivity index (χ1v) is 5.35. The number of carboxylic acid groups (broad SMARTS) is 1. The van der Waals surface area contributed by atoms with Crippen molar-refractivity contribution in [3.05, 3.63) is 12.7 Å². The first-order valence-electron chi connectivity index (χ1n) is 5.35. The first-order chi connectivity index (χ1) is 7.88. The summed E-state index contributed by atoms with van der Waals surface area (Å²) in [6, 6.07) is -1.12. The molecular formula is C11H16N2O4. The normalized spacial score (nSPS) is 24.4. The maximum absolute atomic E-state index is 11.7. The van der Waals surface area contributed by atoms with Gasteiger partial charge in [0, 0.05) is 0 Å². The molecule has 1 fully saturated rings. The molecular weight excluding hydrogens is 224 g/mol. The molecule has 1 saturated heterocycles. The number of nitrogens with one attached hydrogen (secondary N) is 1. The zero-order valence-corrected chi connectivity index (χ0v) is 9.84. The number of amides is 2. The summed E-state index contributed by atoms with van der Waals surface area (Å²) in [6.07, 6.45) is 0.226. The quantitative estimate of drug-likeness (QED) is 0.677. The molecule has 1 aliphatic rings. The predicted molar refractivity (Wildman–Crippen MR) is 59.9 cm³/mol. The van der Waals surface area contributed by atoms with Gasteiger partial charge in [0.15, 0.2) is 0 Å². The molecule has 94 valence electrons. The number of rotatable bonds is 3. The molecule has 2 amide bonds. The summed E-state index contributed by atoms with van der Waals surface area (Å²) < 4.78 is 0. The van der Waals surface area contributed by atoms with E-state index in [0.29, 0.717) is 0 Å². The minimum atomic E-state index is -1.18. The summed E-state index contributed by atoms with van der Waals surface area (Å²) in [7, 11) is 0. The zero-order chi connectivity index (χ0) is 13.2. The van der Waals surface area contributed by atoms with Crippen molar-refractivity contribution in [3.63, 3.8) is 0 Å². The van der Waals surface area contributed by atoms with Crippen molar-refractivity contribution in [2.24, 2.45) is 5.92 Å². The van der Waals surface area contributed by atoms with Crippen molar-refractivity contribution in [1.82, 2.24) is 10.2 Å².